The van der Waals surface area contributed by atoms with Crippen molar-refractivity contribution in [3.8, 4) is 11.5 Å². The highest BCUT2D eigenvalue weighted by molar-refractivity contribution is 9.10. The van der Waals surface area contributed by atoms with Crippen molar-refractivity contribution in [1.29, 1.82) is 0 Å². The lowest BCUT2D eigenvalue weighted by Crippen LogP contribution is -2.37. The van der Waals surface area contributed by atoms with Crippen LogP contribution in [0.2, 0.25) is 0 Å². The highest BCUT2D eigenvalue weighted by Crippen LogP contribution is 2.34. The zero-order chi connectivity index (χ0) is 24.7. The maximum atomic E-state index is 12.9. The van der Waals surface area contributed by atoms with Crippen LogP contribution in [0.25, 0.3) is 11.0 Å². The molecule has 0 saturated carbocycles. The number of carbonyl (C=O) groups excluding carboxylic acids is 2. The van der Waals surface area contributed by atoms with Crippen LogP contribution in [0.1, 0.15) is 10.4 Å². The second-order valence-electron chi connectivity index (χ2n) is 8.50. The van der Waals surface area contributed by atoms with Crippen molar-refractivity contribution in [2.24, 2.45) is 11.8 Å². The van der Waals surface area contributed by atoms with Gasteiger partial charge in [-0.05, 0) is 52.3 Å². The summed E-state index contributed by atoms with van der Waals surface area (Å²) in [6.45, 7) is 1.88. The molecule has 2 fully saturated rings. The predicted octanol–water partition coefficient (Wildman–Crippen LogP) is 3.23. The fraction of sp³-hybridized carbons (Fsp3) is 0.364. The molecule has 0 bridgehead atoms. The number of fused-ring (bicyclic) bond motifs is 2. The van der Waals surface area contributed by atoms with Crippen LogP contribution in [0.15, 0.2) is 40.9 Å². The lowest BCUT2D eigenvalue weighted by atomic mass is 10.0. The predicted molar refractivity (Wildman–Crippen MR) is 120 cm³/mol. The number of amides is 2. The second-order valence-corrected chi connectivity index (χ2v) is 9.36. The number of alkyl halides is 3. The van der Waals surface area contributed by atoms with E-state index in [9.17, 15) is 22.8 Å². The van der Waals surface area contributed by atoms with Crippen molar-refractivity contribution in [3.05, 3.63) is 46.4 Å². The fourth-order valence-corrected chi connectivity index (χ4v) is 5.02. The average molecular weight is 554 g/mol. The molecule has 2 aromatic carbocycles. The van der Waals surface area contributed by atoms with E-state index in [1.54, 1.807) is 28.0 Å². The summed E-state index contributed by atoms with van der Waals surface area (Å²) in [5, 5.41) is 10.4. The molecule has 2 aliphatic rings. The minimum Gasteiger partial charge on any atom is -0.483 e. The zero-order valence-electron chi connectivity index (χ0n) is 18.1. The van der Waals surface area contributed by atoms with Crippen LogP contribution < -0.4 is 9.47 Å². The molecular formula is C22H19BrF3N5O4. The van der Waals surface area contributed by atoms with Crippen molar-refractivity contribution in [2.75, 3.05) is 32.8 Å². The van der Waals surface area contributed by atoms with Gasteiger partial charge in [-0.2, -0.15) is 0 Å². The van der Waals surface area contributed by atoms with E-state index in [0.29, 0.717) is 37.3 Å². The van der Waals surface area contributed by atoms with Crippen molar-refractivity contribution < 1.29 is 32.2 Å². The summed E-state index contributed by atoms with van der Waals surface area (Å²) in [6.07, 6.45) is -4.80. The molecule has 13 heteroatoms. The highest BCUT2D eigenvalue weighted by atomic mass is 79.9. The topological polar surface area (TPSA) is 101 Å². The molecule has 9 nitrogen and oxygen atoms in total. The van der Waals surface area contributed by atoms with Gasteiger partial charge < -0.3 is 19.3 Å². The molecule has 0 unspecified atom stereocenters. The summed E-state index contributed by atoms with van der Waals surface area (Å²) in [7, 11) is 0. The lowest BCUT2D eigenvalue weighted by molar-refractivity contribution is -0.274. The molecule has 2 aliphatic heterocycles. The number of aromatic nitrogens is 3. The summed E-state index contributed by atoms with van der Waals surface area (Å²) in [5.41, 5.74) is 1.93. The number of aromatic amines is 1. The SMILES string of the molecule is O=C(COc1ccc(OC(F)(F)F)cc1Br)N1C[C@H]2CN(C(=O)c3ccc4[nH]nnc4c3)C[C@@H]2C1. The Morgan fingerprint density at radius 2 is 1.77 bits per heavy atom. The monoisotopic (exact) mass is 553 g/mol. The Balaban J connectivity index is 1.13. The molecule has 0 aliphatic carbocycles. The summed E-state index contributed by atoms with van der Waals surface area (Å²) in [6, 6.07) is 8.77. The standard InChI is InChI=1S/C22H19BrF3N5O4/c23-16-6-15(35-22(24,25)26)2-4-19(16)34-11-20(32)30-7-13-9-31(10-14(13)8-30)21(33)12-1-3-17-18(5-12)28-29-27-17/h1-6,13-14H,7-11H2,(H,27,28,29)/t13-,14-/m0/s1. The third kappa shape index (κ3) is 5.04. The van der Waals surface area contributed by atoms with Crippen molar-refractivity contribution in [1.82, 2.24) is 25.2 Å². The largest absolute Gasteiger partial charge is 0.573 e. The molecule has 3 heterocycles. The molecule has 3 aromatic rings. The highest BCUT2D eigenvalue weighted by Gasteiger charge is 2.43. The molecule has 2 saturated heterocycles. The minimum atomic E-state index is -4.80. The summed E-state index contributed by atoms with van der Waals surface area (Å²) >= 11 is 3.13. The van der Waals surface area contributed by atoms with Crippen LogP contribution >= 0.6 is 15.9 Å². The van der Waals surface area contributed by atoms with Crippen LogP contribution in [0.4, 0.5) is 13.2 Å². The van der Waals surface area contributed by atoms with E-state index in [-0.39, 0.29) is 40.5 Å². The third-order valence-electron chi connectivity index (χ3n) is 6.19. The number of carbonyl (C=O) groups is 2. The summed E-state index contributed by atoms with van der Waals surface area (Å²) in [5.74, 6) is -0.124. The van der Waals surface area contributed by atoms with E-state index in [2.05, 4.69) is 36.1 Å². The molecule has 1 N–H and O–H groups in total. The maximum Gasteiger partial charge on any atom is 0.573 e. The fourth-order valence-electron chi connectivity index (χ4n) is 4.55. The molecule has 2 amide bonds. The number of halogens is 4. The van der Waals surface area contributed by atoms with Gasteiger partial charge in [0.2, 0.25) is 0 Å². The van der Waals surface area contributed by atoms with Gasteiger partial charge in [-0.25, -0.2) is 0 Å². The number of hydrogen-bond acceptors (Lipinski definition) is 6. The zero-order valence-corrected chi connectivity index (χ0v) is 19.7. The van der Waals surface area contributed by atoms with Gasteiger partial charge in [0.15, 0.2) is 6.61 Å². The van der Waals surface area contributed by atoms with E-state index in [4.69, 9.17) is 4.74 Å². The molecule has 5 rings (SSSR count). The maximum absolute atomic E-state index is 12.9. The molecule has 1 aromatic heterocycles. The van der Waals surface area contributed by atoms with E-state index >= 15 is 0 Å². The number of rotatable bonds is 5. The van der Waals surface area contributed by atoms with E-state index in [0.717, 1.165) is 17.6 Å². The Kier molecular flexibility index (Phi) is 6.03. The van der Waals surface area contributed by atoms with E-state index < -0.39 is 12.1 Å². The van der Waals surface area contributed by atoms with Gasteiger partial charge in [0.25, 0.3) is 11.8 Å². The van der Waals surface area contributed by atoms with Crippen LogP contribution in [-0.2, 0) is 4.79 Å². The number of H-pyrrole nitrogens is 1. The van der Waals surface area contributed by atoms with Crippen molar-refractivity contribution in [2.45, 2.75) is 6.36 Å². The first-order valence-electron chi connectivity index (χ1n) is 10.7. The quantitative estimate of drug-likeness (QED) is 0.520. The molecule has 0 radical (unpaired) electrons. The molecule has 184 valence electrons. The first kappa shape index (κ1) is 23.4. The smallest absolute Gasteiger partial charge is 0.483 e. The normalized spacial score (nSPS) is 19.8. The Morgan fingerprint density at radius 3 is 2.46 bits per heavy atom. The Bertz CT molecular complexity index is 1270. The van der Waals surface area contributed by atoms with Gasteiger partial charge >= 0.3 is 6.36 Å². The molecule has 0 spiro atoms. The van der Waals surface area contributed by atoms with Gasteiger partial charge in [-0.15, -0.1) is 18.3 Å². The third-order valence-corrected chi connectivity index (χ3v) is 6.81. The average Bonchev–Trinajstić information content (AvgIpc) is 3.51. The number of benzene rings is 2. The van der Waals surface area contributed by atoms with E-state index in [1.807, 2.05) is 0 Å². The van der Waals surface area contributed by atoms with E-state index in [1.165, 1.54) is 6.07 Å². The summed E-state index contributed by atoms with van der Waals surface area (Å²) < 4.78 is 46.7. The Hall–Kier alpha value is -3.35. The summed E-state index contributed by atoms with van der Waals surface area (Å²) in [4.78, 5) is 29.1. The van der Waals surface area contributed by atoms with Gasteiger partial charge in [0.05, 0.1) is 9.99 Å². The van der Waals surface area contributed by atoms with Gasteiger partial charge in [0, 0.05) is 43.6 Å². The number of ether oxygens (including phenoxy) is 2. The van der Waals surface area contributed by atoms with Crippen molar-refractivity contribution in [3.63, 3.8) is 0 Å². The number of hydrogen-bond donors (Lipinski definition) is 1. The van der Waals surface area contributed by atoms with Gasteiger partial charge in [0.1, 0.15) is 17.0 Å². The molecular weight excluding hydrogens is 535 g/mol. The van der Waals surface area contributed by atoms with Crippen LogP contribution in [0.3, 0.4) is 0 Å². The molecule has 35 heavy (non-hydrogen) atoms. The van der Waals surface area contributed by atoms with Crippen molar-refractivity contribution >= 4 is 38.8 Å². The Labute approximate surface area is 205 Å². The van der Waals surface area contributed by atoms with Gasteiger partial charge in [-0.1, -0.05) is 5.21 Å². The number of likely N-dealkylation sites (tertiary alicyclic amines) is 2. The minimum absolute atomic E-state index is 0.0756. The first-order chi connectivity index (χ1) is 16.7. The number of nitrogens with one attached hydrogen (secondary N) is 1. The van der Waals surface area contributed by atoms with Crippen LogP contribution in [-0.4, -0.2) is 76.2 Å². The first-order valence-corrected chi connectivity index (χ1v) is 11.5. The van der Waals surface area contributed by atoms with Crippen LogP contribution in [0, 0.1) is 11.8 Å². The Morgan fingerprint density at radius 1 is 1.06 bits per heavy atom. The van der Waals surface area contributed by atoms with Crippen LogP contribution in [0.5, 0.6) is 11.5 Å². The molecule has 2 atom stereocenters. The lowest BCUT2D eigenvalue weighted by Gasteiger charge is -2.22. The van der Waals surface area contributed by atoms with Gasteiger partial charge in [-0.3, -0.25) is 14.7 Å². The number of nitrogens with zero attached hydrogens (tertiary/aromatic N) is 4. The second kappa shape index (κ2) is 9.02.